The molecule has 0 saturated heterocycles. The molecule has 3 aromatic rings. The highest BCUT2D eigenvalue weighted by Crippen LogP contribution is 2.30. The van der Waals surface area contributed by atoms with Crippen LogP contribution in [0.5, 0.6) is 11.6 Å². The maximum Gasteiger partial charge on any atom is 0.338 e. The van der Waals surface area contributed by atoms with E-state index in [1.54, 1.807) is 45.0 Å². The molecule has 0 saturated carbocycles. The molecule has 0 unspecified atom stereocenters. The molecule has 0 aliphatic rings. The van der Waals surface area contributed by atoms with E-state index in [1.807, 2.05) is 32.0 Å². The van der Waals surface area contributed by atoms with Gasteiger partial charge in [0.25, 0.3) is 0 Å². The summed E-state index contributed by atoms with van der Waals surface area (Å²) < 4.78 is 16.7. The van der Waals surface area contributed by atoms with Crippen molar-refractivity contribution in [3.8, 4) is 22.8 Å². The van der Waals surface area contributed by atoms with Crippen LogP contribution in [0.4, 0.5) is 0 Å². The molecule has 1 N–H and O–H groups in total. The molecular formula is C28H33NO5. The van der Waals surface area contributed by atoms with Gasteiger partial charge in [-0.25, -0.2) is 9.78 Å². The molecule has 0 amide bonds. The fourth-order valence-electron chi connectivity index (χ4n) is 3.60. The van der Waals surface area contributed by atoms with Crippen LogP contribution >= 0.6 is 0 Å². The largest absolute Gasteiger partial charge is 0.489 e. The Balaban J connectivity index is 1.68. The number of carbonyl (C=O) groups is 1. The van der Waals surface area contributed by atoms with E-state index in [2.05, 4.69) is 17.1 Å². The lowest BCUT2D eigenvalue weighted by Gasteiger charge is -2.18. The number of aromatic nitrogens is 1. The van der Waals surface area contributed by atoms with Crippen LogP contribution in [0.25, 0.3) is 11.1 Å². The number of benzene rings is 2. The minimum atomic E-state index is -0.768. The van der Waals surface area contributed by atoms with Gasteiger partial charge < -0.3 is 19.3 Å². The van der Waals surface area contributed by atoms with E-state index in [4.69, 9.17) is 14.2 Å². The molecule has 0 spiro atoms. The smallest absolute Gasteiger partial charge is 0.338 e. The normalized spacial score (nSPS) is 11.2. The van der Waals surface area contributed by atoms with E-state index >= 15 is 0 Å². The Morgan fingerprint density at radius 2 is 1.76 bits per heavy atom. The van der Waals surface area contributed by atoms with Crippen molar-refractivity contribution < 1.29 is 24.1 Å². The van der Waals surface area contributed by atoms with Crippen LogP contribution < -0.4 is 9.47 Å². The highest BCUT2D eigenvalue weighted by atomic mass is 16.5. The van der Waals surface area contributed by atoms with E-state index < -0.39 is 5.60 Å². The maximum absolute atomic E-state index is 11.8. The van der Waals surface area contributed by atoms with Crippen molar-refractivity contribution in [2.75, 3.05) is 13.2 Å². The van der Waals surface area contributed by atoms with Crippen LogP contribution in [0.3, 0.4) is 0 Å². The Labute approximate surface area is 201 Å². The Morgan fingerprint density at radius 1 is 1.03 bits per heavy atom. The van der Waals surface area contributed by atoms with Crippen molar-refractivity contribution in [3.05, 3.63) is 77.0 Å². The van der Waals surface area contributed by atoms with Crippen LogP contribution in [0.15, 0.2) is 54.6 Å². The van der Waals surface area contributed by atoms with Crippen LogP contribution in [0, 0.1) is 13.8 Å². The van der Waals surface area contributed by atoms with Gasteiger partial charge in [0.15, 0.2) is 0 Å². The molecule has 0 aliphatic heterocycles. The third-order valence-corrected chi connectivity index (χ3v) is 5.32. The molecule has 1 aromatic heterocycles. The summed E-state index contributed by atoms with van der Waals surface area (Å²) in [5.74, 6) is 0.906. The van der Waals surface area contributed by atoms with Crippen molar-refractivity contribution in [2.45, 2.75) is 53.2 Å². The highest BCUT2D eigenvalue weighted by molar-refractivity contribution is 5.89. The summed E-state index contributed by atoms with van der Waals surface area (Å²) in [5, 5.41) is 9.86. The zero-order valence-corrected chi connectivity index (χ0v) is 20.6. The molecule has 0 bridgehead atoms. The Kier molecular flexibility index (Phi) is 8.29. The van der Waals surface area contributed by atoms with Gasteiger partial charge in [0.05, 0.1) is 24.4 Å². The third-order valence-electron chi connectivity index (χ3n) is 5.32. The molecule has 0 atom stereocenters. The molecule has 180 valence electrons. The summed E-state index contributed by atoms with van der Waals surface area (Å²) in [7, 11) is 0. The highest BCUT2D eigenvalue weighted by Gasteiger charge is 2.14. The number of ether oxygens (including phenoxy) is 3. The number of esters is 1. The van der Waals surface area contributed by atoms with Gasteiger partial charge in [-0.1, -0.05) is 18.2 Å². The molecule has 1 heterocycles. The molecule has 0 fully saturated rings. The Hall–Kier alpha value is -3.38. The quantitative estimate of drug-likeness (QED) is 0.391. The molecule has 2 aromatic carbocycles. The first-order valence-corrected chi connectivity index (χ1v) is 11.5. The SMILES string of the molecule is CCOC(=O)c1ccc(OCc2cccc(-c3c(C)cc(OCCC(C)(C)O)nc3C)c2)cc1. The minimum Gasteiger partial charge on any atom is -0.489 e. The van der Waals surface area contributed by atoms with Gasteiger partial charge in [-0.05, 0) is 81.6 Å². The van der Waals surface area contributed by atoms with Gasteiger partial charge in [0.2, 0.25) is 5.88 Å². The first-order chi connectivity index (χ1) is 16.2. The van der Waals surface area contributed by atoms with Gasteiger partial charge in [-0.3, -0.25) is 0 Å². The number of pyridine rings is 1. The molecule has 0 aliphatic carbocycles. The Bertz CT molecular complexity index is 1090. The molecule has 34 heavy (non-hydrogen) atoms. The summed E-state index contributed by atoms with van der Waals surface area (Å²) in [6.45, 7) is 10.5. The monoisotopic (exact) mass is 463 g/mol. The zero-order chi connectivity index (χ0) is 24.7. The van der Waals surface area contributed by atoms with Gasteiger partial charge >= 0.3 is 5.97 Å². The number of aryl methyl sites for hydroxylation is 2. The van der Waals surface area contributed by atoms with Gasteiger partial charge in [0, 0.05) is 23.7 Å². The lowest BCUT2D eigenvalue weighted by atomic mass is 9.98. The summed E-state index contributed by atoms with van der Waals surface area (Å²) >= 11 is 0. The number of hydrogen-bond acceptors (Lipinski definition) is 6. The fraction of sp³-hybridized carbons (Fsp3) is 0.357. The topological polar surface area (TPSA) is 77.9 Å². The third kappa shape index (κ3) is 7.06. The van der Waals surface area contributed by atoms with Crippen LogP contribution in [-0.4, -0.2) is 34.9 Å². The number of rotatable bonds is 10. The van der Waals surface area contributed by atoms with Crippen LogP contribution in [0.2, 0.25) is 0 Å². The average Bonchev–Trinajstić information content (AvgIpc) is 2.77. The summed E-state index contributed by atoms with van der Waals surface area (Å²) in [5.41, 5.74) is 4.83. The lowest BCUT2D eigenvalue weighted by molar-refractivity contribution is 0.0523. The first-order valence-electron chi connectivity index (χ1n) is 11.5. The fourth-order valence-corrected chi connectivity index (χ4v) is 3.60. The zero-order valence-electron chi connectivity index (χ0n) is 20.6. The van der Waals surface area contributed by atoms with Gasteiger partial charge in [-0.15, -0.1) is 0 Å². The molecule has 0 radical (unpaired) electrons. The van der Waals surface area contributed by atoms with Gasteiger partial charge in [-0.2, -0.15) is 0 Å². The summed E-state index contributed by atoms with van der Waals surface area (Å²) in [4.78, 5) is 16.4. The predicted molar refractivity (Wildman–Crippen MR) is 132 cm³/mol. The molecular weight excluding hydrogens is 430 g/mol. The van der Waals surface area contributed by atoms with Crippen molar-refractivity contribution in [1.29, 1.82) is 0 Å². The van der Waals surface area contributed by atoms with Crippen molar-refractivity contribution >= 4 is 5.97 Å². The Morgan fingerprint density at radius 3 is 2.41 bits per heavy atom. The average molecular weight is 464 g/mol. The summed E-state index contributed by atoms with van der Waals surface area (Å²) in [6, 6.07) is 17.0. The number of carbonyl (C=O) groups excluding carboxylic acids is 1. The van der Waals surface area contributed by atoms with Crippen molar-refractivity contribution in [3.63, 3.8) is 0 Å². The first kappa shape index (κ1) is 25.2. The number of nitrogens with zero attached hydrogens (tertiary/aromatic N) is 1. The summed E-state index contributed by atoms with van der Waals surface area (Å²) in [6.07, 6.45) is 0.530. The van der Waals surface area contributed by atoms with E-state index in [9.17, 15) is 9.90 Å². The van der Waals surface area contributed by atoms with E-state index in [0.29, 0.717) is 43.4 Å². The number of hydrogen-bond donors (Lipinski definition) is 1. The predicted octanol–water partition coefficient (Wildman–Crippen LogP) is 5.66. The second-order valence-corrected chi connectivity index (χ2v) is 8.88. The second kappa shape index (κ2) is 11.2. The lowest BCUT2D eigenvalue weighted by Crippen LogP contribution is -2.22. The maximum atomic E-state index is 11.8. The standard InChI is InChI=1S/C28H33NO5/c1-6-32-27(30)22-10-12-24(13-11-22)34-18-21-8-7-9-23(17-21)26-19(2)16-25(29-20(26)3)33-15-14-28(4,5)31/h7-13,16-17,31H,6,14-15,18H2,1-5H3. The van der Waals surface area contributed by atoms with E-state index in [-0.39, 0.29) is 5.97 Å². The second-order valence-electron chi connectivity index (χ2n) is 8.88. The van der Waals surface area contributed by atoms with Crippen molar-refractivity contribution in [2.24, 2.45) is 0 Å². The van der Waals surface area contributed by atoms with Crippen LogP contribution in [0.1, 0.15) is 54.4 Å². The molecule has 3 rings (SSSR count). The molecule has 6 nitrogen and oxygen atoms in total. The van der Waals surface area contributed by atoms with E-state index in [0.717, 1.165) is 27.9 Å². The number of aliphatic hydroxyl groups is 1. The minimum absolute atomic E-state index is 0.338. The van der Waals surface area contributed by atoms with Crippen molar-refractivity contribution in [1.82, 2.24) is 4.98 Å². The molecule has 6 heteroatoms. The van der Waals surface area contributed by atoms with Gasteiger partial charge in [0.1, 0.15) is 12.4 Å². The van der Waals surface area contributed by atoms with E-state index in [1.165, 1.54) is 0 Å². The van der Waals surface area contributed by atoms with Crippen LogP contribution in [-0.2, 0) is 11.3 Å².